The van der Waals surface area contributed by atoms with Gasteiger partial charge in [0.25, 0.3) is 0 Å². The Kier molecular flexibility index (Phi) is 4.79. The Morgan fingerprint density at radius 1 is 0.826 bits per heavy atom. The number of benzene rings is 3. The topological polar surface area (TPSA) is 21.6 Å². The summed E-state index contributed by atoms with van der Waals surface area (Å²) in [5.41, 5.74) is 2.81. The number of rotatable bonds is 5. The first kappa shape index (κ1) is 15.0. The molecule has 0 saturated carbocycles. The van der Waals surface area contributed by atoms with E-state index in [0.29, 0.717) is 6.61 Å². The van der Waals surface area contributed by atoms with E-state index in [1.165, 1.54) is 12.1 Å². The summed E-state index contributed by atoms with van der Waals surface area (Å²) in [4.78, 5) is 4.31. The van der Waals surface area contributed by atoms with Crippen molar-refractivity contribution in [3.63, 3.8) is 0 Å². The third-order valence-corrected chi connectivity index (χ3v) is 3.32. The van der Waals surface area contributed by atoms with Crippen molar-refractivity contribution in [3.8, 4) is 5.75 Å². The fraction of sp³-hybridized carbons (Fsp3) is 0.0500. The van der Waals surface area contributed by atoms with Crippen LogP contribution in [0.15, 0.2) is 83.9 Å². The van der Waals surface area contributed by atoms with Crippen molar-refractivity contribution in [2.24, 2.45) is 4.99 Å². The van der Waals surface area contributed by atoms with Gasteiger partial charge in [-0.3, -0.25) is 4.99 Å². The van der Waals surface area contributed by atoms with Gasteiger partial charge in [0.1, 0.15) is 18.2 Å². The van der Waals surface area contributed by atoms with E-state index in [4.69, 9.17) is 4.74 Å². The molecular formula is C20H16FNO. The van der Waals surface area contributed by atoms with Crippen LogP contribution in [0, 0.1) is 5.82 Å². The Morgan fingerprint density at radius 3 is 2.22 bits per heavy atom. The number of hydrogen-bond acceptors (Lipinski definition) is 2. The Bertz CT molecular complexity index is 765. The van der Waals surface area contributed by atoms with E-state index < -0.39 is 0 Å². The van der Waals surface area contributed by atoms with Gasteiger partial charge in [0.15, 0.2) is 0 Å². The van der Waals surface area contributed by atoms with Crippen LogP contribution < -0.4 is 4.74 Å². The maximum absolute atomic E-state index is 12.8. The van der Waals surface area contributed by atoms with Gasteiger partial charge < -0.3 is 4.74 Å². The maximum atomic E-state index is 12.8. The minimum absolute atomic E-state index is 0.260. The predicted molar refractivity (Wildman–Crippen MR) is 90.9 cm³/mol. The van der Waals surface area contributed by atoms with Crippen LogP contribution in [0.1, 0.15) is 11.1 Å². The Labute approximate surface area is 134 Å². The zero-order chi connectivity index (χ0) is 15.9. The van der Waals surface area contributed by atoms with Gasteiger partial charge in [-0.15, -0.1) is 0 Å². The molecule has 0 bridgehead atoms. The standard InChI is InChI=1S/C20H16FNO/c21-18-8-10-19(11-9-18)22-14-16-6-12-20(13-7-16)23-15-17-4-2-1-3-5-17/h1-14H,15H2. The van der Waals surface area contributed by atoms with Crippen LogP contribution in [0.3, 0.4) is 0 Å². The molecule has 23 heavy (non-hydrogen) atoms. The van der Waals surface area contributed by atoms with E-state index >= 15 is 0 Å². The highest BCUT2D eigenvalue weighted by molar-refractivity contribution is 5.82. The second-order valence-corrected chi connectivity index (χ2v) is 5.08. The molecule has 0 aliphatic rings. The minimum atomic E-state index is -0.260. The van der Waals surface area contributed by atoms with E-state index in [9.17, 15) is 4.39 Å². The summed E-state index contributed by atoms with van der Waals surface area (Å²) in [7, 11) is 0. The molecule has 3 aromatic carbocycles. The lowest BCUT2D eigenvalue weighted by Gasteiger charge is -2.06. The highest BCUT2D eigenvalue weighted by atomic mass is 19.1. The smallest absolute Gasteiger partial charge is 0.123 e. The first-order valence-electron chi connectivity index (χ1n) is 7.36. The van der Waals surface area contributed by atoms with Crippen LogP contribution >= 0.6 is 0 Å². The van der Waals surface area contributed by atoms with Crippen molar-refractivity contribution in [3.05, 3.63) is 95.8 Å². The SMILES string of the molecule is Fc1ccc(N=Cc2ccc(OCc3ccccc3)cc2)cc1. The van der Waals surface area contributed by atoms with Crippen LogP contribution in [-0.2, 0) is 6.61 Å². The van der Waals surface area contributed by atoms with Gasteiger partial charge in [-0.05, 0) is 59.7 Å². The summed E-state index contributed by atoms with van der Waals surface area (Å²) in [6, 6.07) is 23.8. The quantitative estimate of drug-likeness (QED) is 0.597. The Morgan fingerprint density at radius 2 is 1.52 bits per heavy atom. The van der Waals surface area contributed by atoms with E-state index in [2.05, 4.69) is 4.99 Å². The molecule has 3 heteroatoms. The van der Waals surface area contributed by atoms with E-state index in [0.717, 1.165) is 22.6 Å². The number of hydrogen-bond donors (Lipinski definition) is 0. The lowest BCUT2D eigenvalue weighted by Crippen LogP contribution is -1.94. The molecule has 0 unspecified atom stereocenters. The van der Waals surface area contributed by atoms with E-state index in [1.54, 1.807) is 18.3 Å². The molecule has 0 fully saturated rings. The van der Waals surface area contributed by atoms with Crippen molar-refractivity contribution < 1.29 is 9.13 Å². The molecule has 3 rings (SSSR count). The first-order valence-corrected chi connectivity index (χ1v) is 7.36. The number of ether oxygens (including phenoxy) is 1. The van der Waals surface area contributed by atoms with Gasteiger partial charge in [0, 0.05) is 6.21 Å². The Hall–Kier alpha value is -2.94. The van der Waals surface area contributed by atoms with Crippen molar-refractivity contribution in [1.82, 2.24) is 0 Å². The maximum Gasteiger partial charge on any atom is 0.123 e. The van der Waals surface area contributed by atoms with Gasteiger partial charge in [0.2, 0.25) is 0 Å². The molecular weight excluding hydrogens is 289 g/mol. The van der Waals surface area contributed by atoms with Crippen LogP contribution in [0.4, 0.5) is 10.1 Å². The molecule has 0 amide bonds. The molecule has 0 atom stereocenters. The minimum Gasteiger partial charge on any atom is -0.489 e. The molecule has 3 aromatic rings. The number of halogens is 1. The molecule has 0 radical (unpaired) electrons. The molecule has 0 aliphatic carbocycles. The second-order valence-electron chi connectivity index (χ2n) is 5.08. The molecule has 0 aromatic heterocycles. The highest BCUT2D eigenvalue weighted by Crippen LogP contribution is 2.15. The zero-order valence-corrected chi connectivity index (χ0v) is 12.5. The van der Waals surface area contributed by atoms with Crippen molar-refractivity contribution in [2.75, 3.05) is 0 Å². The van der Waals surface area contributed by atoms with Gasteiger partial charge in [0.05, 0.1) is 5.69 Å². The van der Waals surface area contributed by atoms with E-state index in [-0.39, 0.29) is 5.82 Å². The third kappa shape index (κ3) is 4.51. The fourth-order valence-corrected chi connectivity index (χ4v) is 2.07. The van der Waals surface area contributed by atoms with Gasteiger partial charge in [-0.1, -0.05) is 30.3 Å². The summed E-state index contributed by atoms with van der Waals surface area (Å²) in [6.45, 7) is 0.545. The summed E-state index contributed by atoms with van der Waals surface area (Å²) in [6.07, 6.45) is 1.74. The van der Waals surface area contributed by atoms with Crippen LogP contribution in [0.2, 0.25) is 0 Å². The molecule has 0 N–H and O–H groups in total. The summed E-state index contributed by atoms with van der Waals surface area (Å²) < 4.78 is 18.6. The molecule has 114 valence electrons. The van der Waals surface area contributed by atoms with Gasteiger partial charge in [-0.2, -0.15) is 0 Å². The van der Waals surface area contributed by atoms with Crippen molar-refractivity contribution in [1.29, 1.82) is 0 Å². The molecule has 0 aliphatic heterocycles. The number of aliphatic imine (C=N–C) groups is 1. The van der Waals surface area contributed by atoms with Crippen molar-refractivity contribution in [2.45, 2.75) is 6.61 Å². The lowest BCUT2D eigenvalue weighted by atomic mass is 10.2. The van der Waals surface area contributed by atoms with Crippen LogP contribution in [-0.4, -0.2) is 6.21 Å². The van der Waals surface area contributed by atoms with Gasteiger partial charge >= 0.3 is 0 Å². The second kappa shape index (κ2) is 7.36. The van der Waals surface area contributed by atoms with Crippen molar-refractivity contribution >= 4 is 11.9 Å². The lowest BCUT2D eigenvalue weighted by molar-refractivity contribution is 0.306. The Balaban J connectivity index is 1.59. The monoisotopic (exact) mass is 305 g/mol. The molecule has 2 nitrogen and oxygen atoms in total. The molecule has 0 heterocycles. The summed E-state index contributed by atoms with van der Waals surface area (Å²) in [5, 5.41) is 0. The predicted octanol–water partition coefficient (Wildman–Crippen LogP) is 5.16. The van der Waals surface area contributed by atoms with Crippen LogP contribution in [0.25, 0.3) is 0 Å². The zero-order valence-electron chi connectivity index (χ0n) is 12.5. The third-order valence-electron chi connectivity index (χ3n) is 3.32. The van der Waals surface area contributed by atoms with Gasteiger partial charge in [-0.25, -0.2) is 4.39 Å². The molecule has 0 spiro atoms. The normalized spacial score (nSPS) is 10.8. The number of nitrogens with zero attached hydrogens (tertiary/aromatic N) is 1. The average molecular weight is 305 g/mol. The molecule has 0 saturated heterocycles. The average Bonchev–Trinajstić information content (AvgIpc) is 2.61. The van der Waals surface area contributed by atoms with Crippen LogP contribution in [0.5, 0.6) is 5.75 Å². The highest BCUT2D eigenvalue weighted by Gasteiger charge is 1.96. The van der Waals surface area contributed by atoms with E-state index in [1.807, 2.05) is 54.6 Å². The largest absolute Gasteiger partial charge is 0.489 e. The first-order chi connectivity index (χ1) is 11.3. The summed E-state index contributed by atoms with van der Waals surface area (Å²) in [5.74, 6) is 0.552. The summed E-state index contributed by atoms with van der Waals surface area (Å²) >= 11 is 0. The fourth-order valence-electron chi connectivity index (χ4n) is 2.07.